The summed E-state index contributed by atoms with van der Waals surface area (Å²) in [5.41, 5.74) is -0.499. The number of likely N-dealkylation sites (tertiary alicyclic amines) is 1. The minimum atomic E-state index is -1.000. The number of furan rings is 2. The molecule has 2 aliphatic rings. The van der Waals surface area contributed by atoms with Crippen molar-refractivity contribution in [1.29, 1.82) is 0 Å². The minimum Gasteiger partial charge on any atom is -0.468 e. The molecule has 1 aliphatic carbocycles. The predicted octanol–water partition coefficient (Wildman–Crippen LogP) is 4.10. The second kappa shape index (κ2) is 9.16. The number of ether oxygens (including phenoxy) is 1. The van der Waals surface area contributed by atoms with E-state index < -0.39 is 11.3 Å². The molecule has 3 heterocycles. The van der Waals surface area contributed by atoms with Crippen LogP contribution in [0.1, 0.15) is 56.8 Å². The zero-order valence-electron chi connectivity index (χ0n) is 20.2. The third kappa shape index (κ3) is 4.67. The highest BCUT2D eigenvalue weighted by molar-refractivity contribution is 5.92. The number of methoxy groups -OCH3 is 1. The van der Waals surface area contributed by atoms with Crippen LogP contribution in [0.2, 0.25) is 0 Å². The molecule has 0 unspecified atom stereocenters. The van der Waals surface area contributed by atoms with Crippen LogP contribution in [-0.4, -0.2) is 29.8 Å². The lowest BCUT2D eigenvalue weighted by Crippen LogP contribution is -2.55. The van der Waals surface area contributed by atoms with E-state index in [9.17, 15) is 14.4 Å². The summed E-state index contributed by atoms with van der Waals surface area (Å²) in [5, 5.41) is 2.83. The number of hydrogen-bond donors (Lipinski definition) is 1. The standard InChI is InChI=1S/C26H32N2O6/c1-17-7-8-19(34-17)14-27-22(29)12-18-13-26(24(31)32-4)16-25(2,3)10-9-21(26)28(23(18)30)15-20-6-5-11-33-20/h5-9,11,18H,10,12-16H2,1-4H3,(H,27,29)/t18-,26-/m1/s1. The fourth-order valence-corrected chi connectivity index (χ4v) is 5.34. The fourth-order valence-electron chi connectivity index (χ4n) is 5.34. The molecule has 1 fully saturated rings. The Hall–Kier alpha value is -3.29. The molecule has 0 radical (unpaired) electrons. The summed E-state index contributed by atoms with van der Waals surface area (Å²) in [6, 6.07) is 7.19. The lowest BCUT2D eigenvalue weighted by atomic mass is 9.59. The van der Waals surface area contributed by atoms with Gasteiger partial charge >= 0.3 is 5.97 Å². The smallest absolute Gasteiger partial charge is 0.317 e. The Morgan fingerprint density at radius 3 is 2.68 bits per heavy atom. The van der Waals surface area contributed by atoms with Crippen molar-refractivity contribution in [2.24, 2.45) is 16.7 Å². The number of allylic oxidation sites excluding steroid dienone is 1. The number of esters is 1. The molecule has 2 aromatic heterocycles. The normalized spacial score (nSPS) is 23.8. The number of carbonyl (C=O) groups excluding carboxylic acids is 3. The van der Waals surface area contributed by atoms with Gasteiger partial charge in [-0.25, -0.2) is 0 Å². The first-order valence-electron chi connectivity index (χ1n) is 11.6. The first-order valence-corrected chi connectivity index (χ1v) is 11.6. The van der Waals surface area contributed by atoms with Gasteiger partial charge in [-0.05, 0) is 55.9 Å². The Kier molecular flexibility index (Phi) is 6.43. The number of carbonyl (C=O) groups is 3. The monoisotopic (exact) mass is 468 g/mol. The highest BCUT2D eigenvalue weighted by Gasteiger charge is 2.57. The van der Waals surface area contributed by atoms with Gasteiger partial charge in [0.1, 0.15) is 22.7 Å². The summed E-state index contributed by atoms with van der Waals surface area (Å²) in [5.74, 6) is 0.512. The number of amides is 2. The molecule has 0 bridgehead atoms. The van der Waals surface area contributed by atoms with Crippen molar-refractivity contribution < 1.29 is 28.0 Å². The van der Waals surface area contributed by atoms with Crippen molar-refractivity contribution in [1.82, 2.24) is 10.2 Å². The van der Waals surface area contributed by atoms with Gasteiger partial charge in [-0.2, -0.15) is 0 Å². The largest absolute Gasteiger partial charge is 0.468 e. The molecule has 2 amide bonds. The highest BCUT2D eigenvalue weighted by atomic mass is 16.5. The van der Waals surface area contributed by atoms with Crippen LogP contribution in [-0.2, 0) is 32.2 Å². The van der Waals surface area contributed by atoms with Gasteiger partial charge in [-0.15, -0.1) is 0 Å². The van der Waals surface area contributed by atoms with Gasteiger partial charge in [-0.3, -0.25) is 14.4 Å². The second-order valence-corrected chi connectivity index (χ2v) is 10.1. The van der Waals surface area contributed by atoms with Crippen molar-refractivity contribution in [3.05, 3.63) is 59.6 Å². The van der Waals surface area contributed by atoms with E-state index in [2.05, 4.69) is 19.2 Å². The van der Waals surface area contributed by atoms with Crippen molar-refractivity contribution in [2.45, 2.75) is 59.5 Å². The van der Waals surface area contributed by atoms with E-state index in [0.717, 1.165) is 12.2 Å². The molecule has 1 aliphatic heterocycles. The number of piperidine rings is 1. The molecule has 2 aromatic rings. The lowest BCUT2D eigenvalue weighted by molar-refractivity contribution is -0.162. The number of rotatable bonds is 7. The molecule has 0 saturated carbocycles. The SMILES string of the molecule is COC(=O)[C@@]12C[C@@H](CC(=O)NCc3ccc(C)o3)C(=O)N(Cc3ccco3)C1=CCC(C)(C)C2. The molecule has 8 heteroatoms. The highest BCUT2D eigenvalue weighted by Crippen LogP contribution is 2.55. The Balaban J connectivity index is 1.62. The van der Waals surface area contributed by atoms with Crippen LogP contribution >= 0.6 is 0 Å². The number of hydrogen-bond acceptors (Lipinski definition) is 6. The fraction of sp³-hybridized carbons (Fsp3) is 0.500. The molecule has 0 spiro atoms. The topological polar surface area (TPSA) is 102 Å². The van der Waals surface area contributed by atoms with Gasteiger partial charge in [0.15, 0.2) is 0 Å². The summed E-state index contributed by atoms with van der Waals surface area (Å²) < 4.78 is 16.3. The number of aryl methyl sites for hydroxylation is 1. The molecule has 182 valence electrons. The van der Waals surface area contributed by atoms with Gasteiger partial charge in [0.25, 0.3) is 0 Å². The average Bonchev–Trinajstić information content (AvgIpc) is 3.45. The molecule has 1 saturated heterocycles. The van der Waals surface area contributed by atoms with Crippen LogP contribution in [0.15, 0.2) is 51.1 Å². The van der Waals surface area contributed by atoms with E-state index in [0.29, 0.717) is 23.6 Å². The predicted molar refractivity (Wildman–Crippen MR) is 123 cm³/mol. The summed E-state index contributed by atoms with van der Waals surface area (Å²) in [6.45, 7) is 6.48. The quantitative estimate of drug-likeness (QED) is 0.614. The Morgan fingerprint density at radius 2 is 2.03 bits per heavy atom. The zero-order valence-corrected chi connectivity index (χ0v) is 20.2. The van der Waals surface area contributed by atoms with Gasteiger partial charge in [-0.1, -0.05) is 19.9 Å². The second-order valence-electron chi connectivity index (χ2n) is 10.1. The van der Waals surface area contributed by atoms with Crippen LogP contribution in [0.4, 0.5) is 0 Å². The zero-order chi connectivity index (χ0) is 24.5. The van der Waals surface area contributed by atoms with E-state index >= 15 is 0 Å². The first kappa shape index (κ1) is 23.9. The van der Waals surface area contributed by atoms with E-state index in [1.54, 1.807) is 29.4 Å². The van der Waals surface area contributed by atoms with Crippen LogP contribution in [0.3, 0.4) is 0 Å². The summed E-state index contributed by atoms with van der Waals surface area (Å²) in [4.78, 5) is 41.3. The van der Waals surface area contributed by atoms with Crippen LogP contribution in [0, 0.1) is 23.7 Å². The molecular weight excluding hydrogens is 436 g/mol. The first-order chi connectivity index (χ1) is 16.1. The van der Waals surface area contributed by atoms with E-state index in [-0.39, 0.29) is 49.1 Å². The van der Waals surface area contributed by atoms with E-state index in [1.807, 2.05) is 19.1 Å². The van der Waals surface area contributed by atoms with Gasteiger partial charge in [0, 0.05) is 18.0 Å². The molecular formula is C26H32N2O6. The van der Waals surface area contributed by atoms with Crippen molar-refractivity contribution in [3.8, 4) is 0 Å². The van der Waals surface area contributed by atoms with Gasteiger partial charge < -0.3 is 23.8 Å². The molecule has 8 nitrogen and oxygen atoms in total. The van der Waals surface area contributed by atoms with Gasteiger partial charge in [0.05, 0.1) is 26.5 Å². The van der Waals surface area contributed by atoms with E-state index in [1.165, 1.54) is 7.11 Å². The average molecular weight is 469 g/mol. The van der Waals surface area contributed by atoms with Crippen molar-refractivity contribution in [2.75, 3.05) is 7.11 Å². The summed E-state index contributed by atoms with van der Waals surface area (Å²) in [7, 11) is 1.37. The third-order valence-electron chi connectivity index (χ3n) is 6.78. The molecule has 4 rings (SSSR count). The maximum atomic E-state index is 13.6. The number of nitrogens with one attached hydrogen (secondary N) is 1. The molecule has 1 N–H and O–H groups in total. The van der Waals surface area contributed by atoms with Gasteiger partial charge in [0.2, 0.25) is 11.8 Å². The summed E-state index contributed by atoms with van der Waals surface area (Å²) in [6.07, 6.45) is 5.00. The summed E-state index contributed by atoms with van der Waals surface area (Å²) >= 11 is 0. The Morgan fingerprint density at radius 1 is 1.24 bits per heavy atom. The Labute approximate surface area is 199 Å². The number of nitrogens with zero attached hydrogens (tertiary/aromatic N) is 1. The maximum Gasteiger partial charge on any atom is 0.317 e. The third-order valence-corrected chi connectivity index (χ3v) is 6.78. The molecule has 34 heavy (non-hydrogen) atoms. The minimum absolute atomic E-state index is 0.0281. The van der Waals surface area contributed by atoms with Crippen LogP contribution < -0.4 is 5.32 Å². The Bertz CT molecular complexity index is 1100. The van der Waals surface area contributed by atoms with Crippen molar-refractivity contribution in [3.63, 3.8) is 0 Å². The lowest BCUT2D eigenvalue weighted by Gasteiger charge is -2.51. The number of fused-ring (bicyclic) bond motifs is 1. The van der Waals surface area contributed by atoms with E-state index in [4.69, 9.17) is 13.6 Å². The van der Waals surface area contributed by atoms with Crippen LogP contribution in [0.25, 0.3) is 0 Å². The maximum absolute atomic E-state index is 13.6. The van der Waals surface area contributed by atoms with Crippen molar-refractivity contribution >= 4 is 17.8 Å². The molecule has 0 aromatic carbocycles. The van der Waals surface area contributed by atoms with Crippen LogP contribution in [0.5, 0.6) is 0 Å². The molecule has 2 atom stereocenters.